The quantitative estimate of drug-likeness (QED) is 0.820. The van der Waals surface area contributed by atoms with Crippen LogP contribution in [0.4, 0.5) is 10.2 Å². The number of nitrogens with one attached hydrogen (secondary N) is 1. The molecule has 17 heavy (non-hydrogen) atoms. The summed E-state index contributed by atoms with van der Waals surface area (Å²) in [4.78, 5) is 14.7. The smallest absolute Gasteiger partial charge is 0.339 e. The average Bonchev–Trinajstić information content (AvgIpc) is 2.27. The van der Waals surface area contributed by atoms with Crippen LogP contribution in [0.15, 0.2) is 12.3 Å². The van der Waals surface area contributed by atoms with Crippen molar-refractivity contribution in [3.05, 3.63) is 23.6 Å². The summed E-state index contributed by atoms with van der Waals surface area (Å²) >= 11 is 1.72. The monoisotopic (exact) mass is 258 g/mol. The van der Waals surface area contributed by atoms with Crippen LogP contribution in [0.25, 0.3) is 0 Å². The fourth-order valence-corrected chi connectivity index (χ4v) is 2.04. The molecule has 0 spiro atoms. The fourth-order valence-electron chi connectivity index (χ4n) is 1.36. The van der Waals surface area contributed by atoms with Gasteiger partial charge in [0.25, 0.3) is 0 Å². The van der Waals surface area contributed by atoms with Crippen LogP contribution >= 0.6 is 11.8 Å². The van der Waals surface area contributed by atoms with Crippen LogP contribution in [0.2, 0.25) is 0 Å². The van der Waals surface area contributed by atoms with Crippen molar-refractivity contribution in [3.63, 3.8) is 0 Å². The van der Waals surface area contributed by atoms with E-state index in [1.54, 1.807) is 11.8 Å². The number of hydrogen-bond acceptors (Lipinski definition) is 4. The Labute approximate surface area is 104 Å². The molecule has 4 nitrogen and oxygen atoms in total. The van der Waals surface area contributed by atoms with Gasteiger partial charge in [0.05, 0.1) is 6.20 Å². The van der Waals surface area contributed by atoms with Gasteiger partial charge in [-0.15, -0.1) is 0 Å². The van der Waals surface area contributed by atoms with Crippen LogP contribution in [0, 0.1) is 11.7 Å². The lowest BCUT2D eigenvalue weighted by molar-refractivity contribution is 0.0697. The number of halogens is 1. The maximum atomic E-state index is 12.9. The summed E-state index contributed by atoms with van der Waals surface area (Å²) < 4.78 is 12.9. The Morgan fingerprint density at radius 3 is 3.00 bits per heavy atom. The molecular formula is C11H15FN2O2S. The van der Waals surface area contributed by atoms with E-state index in [0.717, 1.165) is 18.0 Å². The van der Waals surface area contributed by atoms with E-state index in [2.05, 4.69) is 10.3 Å². The number of hydrogen-bond donors (Lipinski definition) is 2. The highest BCUT2D eigenvalue weighted by Gasteiger charge is 2.13. The number of anilines is 1. The highest BCUT2D eigenvalue weighted by molar-refractivity contribution is 7.98. The molecule has 0 saturated heterocycles. The number of carboxylic acid groups (broad SMARTS) is 1. The van der Waals surface area contributed by atoms with E-state index in [9.17, 15) is 9.18 Å². The molecule has 0 aliphatic heterocycles. The van der Waals surface area contributed by atoms with Crippen molar-refractivity contribution < 1.29 is 14.3 Å². The molecule has 1 heterocycles. The van der Waals surface area contributed by atoms with Gasteiger partial charge in [-0.25, -0.2) is 14.2 Å². The maximum Gasteiger partial charge on any atom is 0.339 e. The van der Waals surface area contributed by atoms with E-state index in [1.807, 2.05) is 13.2 Å². The Hall–Kier alpha value is -1.30. The Balaban J connectivity index is 2.73. The summed E-state index contributed by atoms with van der Waals surface area (Å²) in [5, 5.41) is 11.8. The molecule has 0 aliphatic rings. The van der Waals surface area contributed by atoms with E-state index >= 15 is 0 Å². The number of nitrogens with zero attached hydrogens (tertiary/aromatic N) is 1. The lowest BCUT2D eigenvalue weighted by atomic mass is 10.2. The molecule has 2 N–H and O–H groups in total. The van der Waals surface area contributed by atoms with Gasteiger partial charge in [-0.05, 0) is 24.0 Å². The SMILES string of the molecule is CSCC(C)CNc1ncc(F)cc1C(=O)O. The van der Waals surface area contributed by atoms with Gasteiger partial charge in [-0.3, -0.25) is 0 Å². The molecule has 0 bridgehead atoms. The van der Waals surface area contributed by atoms with E-state index in [-0.39, 0.29) is 11.4 Å². The summed E-state index contributed by atoms with van der Waals surface area (Å²) in [5.41, 5.74) is -0.138. The lowest BCUT2D eigenvalue weighted by Gasteiger charge is -2.13. The second-order valence-corrected chi connectivity index (χ2v) is 4.71. The first-order valence-electron chi connectivity index (χ1n) is 5.16. The van der Waals surface area contributed by atoms with Crippen LogP contribution in [0.5, 0.6) is 0 Å². The highest BCUT2D eigenvalue weighted by atomic mass is 32.2. The molecule has 1 aromatic heterocycles. The fraction of sp³-hybridized carbons (Fsp3) is 0.455. The molecule has 0 amide bonds. The minimum absolute atomic E-state index is 0.138. The normalized spacial score (nSPS) is 12.2. The number of aromatic carboxylic acids is 1. The third kappa shape index (κ3) is 4.22. The third-order valence-electron chi connectivity index (χ3n) is 2.15. The molecule has 0 radical (unpaired) electrons. The lowest BCUT2D eigenvalue weighted by Crippen LogP contribution is -2.16. The number of aromatic nitrogens is 1. The molecule has 0 aromatic carbocycles. The van der Waals surface area contributed by atoms with Gasteiger partial charge in [-0.1, -0.05) is 6.92 Å². The van der Waals surface area contributed by atoms with Gasteiger partial charge in [0.1, 0.15) is 17.2 Å². The molecule has 0 fully saturated rings. The molecule has 6 heteroatoms. The van der Waals surface area contributed by atoms with Gasteiger partial charge in [0.15, 0.2) is 0 Å². The van der Waals surface area contributed by atoms with Gasteiger partial charge < -0.3 is 10.4 Å². The average molecular weight is 258 g/mol. The molecule has 1 rings (SSSR count). The summed E-state index contributed by atoms with van der Waals surface area (Å²) in [6.45, 7) is 2.66. The first-order valence-corrected chi connectivity index (χ1v) is 6.55. The predicted octanol–water partition coefficient (Wildman–Crippen LogP) is 2.33. The second-order valence-electron chi connectivity index (χ2n) is 3.80. The first kappa shape index (κ1) is 13.8. The van der Waals surface area contributed by atoms with Crippen LogP contribution in [0.1, 0.15) is 17.3 Å². The molecular weight excluding hydrogens is 243 g/mol. The van der Waals surface area contributed by atoms with E-state index in [1.165, 1.54) is 0 Å². The van der Waals surface area contributed by atoms with Gasteiger partial charge >= 0.3 is 5.97 Å². The number of carboxylic acids is 1. The van der Waals surface area contributed by atoms with Gasteiger partial charge in [0, 0.05) is 6.54 Å². The van der Waals surface area contributed by atoms with Crippen molar-refractivity contribution in [1.29, 1.82) is 0 Å². The zero-order valence-electron chi connectivity index (χ0n) is 9.74. The highest BCUT2D eigenvalue weighted by Crippen LogP contribution is 2.14. The van der Waals surface area contributed by atoms with Crippen molar-refractivity contribution in [2.24, 2.45) is 5.92 Å². The predicted molar refractivity (Wildman–Crippen MR) is 67.2 cm³/mol. The topological polar surface area (TPSA) is 62.2 Å². The minimum atomic E-state index is -1.18. The Kier molecular flexibility index (Phi) is 5.21. The Morgan fingerprint density at radius 1 is 1.71 bits per heavy atom. The van der Waals surface area contributed by atoms with Crippen LogP contribution in [-0.2, 0) is 0 Å². The van der Waals surface area contributed by atoms with Gasteiger partial charge in [-0.2, -0.15) is 11.8 Å². The second kappa shape index (κ2) is 6.44. The van der Waals surface area contributed by atoms with Crippen molar-refractivity contribution in [2.45, 2.75) is 6.92 Å². The first-order chi connectivity index (χ1) is 8.04. The van der Waals surface area contributed by atoms with Crippen LogP contribution in [0.3, 0.4) is 0 Å². The molecule has 1 atom stereocenters. The largest absolute Gasteiger partial charge is 0.478 e. The van der Waals surface area contributed by atoms with Gasteiger partial charge in [0.2, 0.25) is 0 Å². The van der Waals surface area contributed by atoms with Crippen LogP contribution in [-0.4, -0.2) is 34.6 Å². The number of pyridine rings is 1. The molecule has 94 valence electrons. The molecule has 0 saturated carbocycles. The molecule has 1 aromatic rings. The minimum Gasteiger partial charge on any atom is -0.478 e. The number of thioether (sulfide) groups is 1. The molecule has 0 aliphatic carbocycles. The van der Waals surface area contributed by atoms with E-state index in [0.29, 0.717) is 12.5 Å². The summed E-state index contributed by atoms with van der Waals surface area (Å²) in [7, 11) is 0. The Bertz CT molecular complexity index is 401. The van der Waals surface area contributed by atoms with E-state index in [4.69, 9.17) is 5.11 Å². The number of rotatable bonds is 6. The maximum absolute atomic E-state index is 12.9. The summed E-state index contributed by atoms with van der Waals surface area (Å²) in [6, 6.07) is 0.969. The van der Waals surface area contributed by atoms with E-state index < -0.39 is 11.8 Å². The standard InChI is InChI=1S/C11H15FN2O2S/c1-7(6-17-2)4-13-10-9(11(15)16)3-8(12)5-14-10/h3,5,7H,4,6H2,1-2H3,(H,13,14)(H,15,16). The summed E-state index contributed by atoms with van der Waals surface area (Å²) in [6.07, 6.45) is 3.02. The third-order valence-corrected chi connectivity index (χ3v) is 3.06. The van der Waals surface area contributed by atoms with Crippen molar-refractivity contribution in [3.8, 4) is 0 Å². The Morgan fingerprint density at radius 2 is 2.41 bits per heavy atom. The van der Waals surface area contributed by atoms with Crippen LogP contribution < -0.4 is 5.32 Å². The summed E-state index contributed by atoms with van der Waals surface area (Å²) in [5.74, 6) is -0.260. The molecule has 1 unspecified atom stereocenters. The van der Waals surface area contributed by atoms with Crippen molar-refractivity contribution >= 4 is 23.5 Å². The number of carbonyl (C=O) groups is 1. The van der Waals surface area contributed by atoms with Crippen molar-refractivity contribution in [2.75, 3.05) is 23.9 Å². The zero-order valence-corrected chi connectivity index (χ0v) is 10.6. The van der Waals surface area contributed by atoms with Crippen molar-refractivity contribution in [1.82, 2.24) is 4.98 Å². The zero-order chi connectivity index (χ0) is 12.8.